The van der Waals surface area contributed by atoms with Crippen LogP contribution in [0.3, 0.4) is 0 Å². The molecule has 0 bridgehead atoms. The van der Waals surface area contributed by atoms with Gasteiger partial charge in [-0.05, 0) is 45.4 Å². The Bertz CT molecular complexity index is 421. The predicted octanol–water partition coefficient (Wildman–Crippen LogP) is 3.67. The monoisotopic (exact) mass is 251 g/mol. The highest BCUT2D eigenvalue weighted by Gasteiger charge is 2.23. The van der Waals surface area contributed by atoms with Crippen LogP contribution in [0.4, 0.5) is 10.1 Å². The first-order valence-electron chi connectivity index (χ1n) is 6.13. The molecule has 0 aliphatic carbocycles. The molecule has 0 spiro atoms. The highest BCUT2D eigenvalue weighted by Crippen LogP contribution is 2.28. The Hall–Kier alpha value is -1.35. The Labute approximate surface area is 109 Å². The fraction of sp³-hybridized carbons (Fsp3) is 0.467. The Morgan fingerprint density at radius 3 is 2.44 bits per heavy atom. The van der Waals surface area contributed by atoms with Crippen LogP contribution in [0.25, 0.3) is 0 Å². The average Bonchev–Trinajstić information content (AvgIpc) is 2.24. The van der Waals surface area contributed by atoms with E-state index in [-0.39, 0.29) is 11.4 Å². The zero-order valence-electron chi connectivity index (χ0n) is 11.6. The average molecular weight is 251 g/mol. The minimum absolute atomic E-state index is 0.193. The molecule has 1 rings (SSSR count). The fourth-order valence-electron chi connectivity index (χ4n) is 1.86. The summed E-state index contributed by atoms with van der Waals surface area (Å²) >= 11 is 0. The Kier molecular flexibility index (Phi) is 4.52. The molecule has 0 radical (unpaired) electrons. The van der Waals surface area contributed by atoms with Crippen LogP contribution in [0.5, 0.6) is 0 Å². The second kappa shape index (κ2) is 5.53. The normalized spacial score (nSPS) is 13.2. The molecule has 1 aromatic rings. The molecule has 0 fully saturated rings. The zero-order valence-corrected chi connectivity index (χ0v) is 11.6. The van der Waals surface area contributed by atoms with Crippen molar-refractivity contribution in [2.75, 3.05) is 11.4 Å². The highest BCUT2D eigenvalue weighted by molar-refractivity contribution is 5.52. The van der Waals surface area contributed by atoms with Crippen LogP contribution in [0, 0.1) is 5.82 Å². The van der Waals surface area contributed by atoms with E-state index in [9.17, 15) is 9.50 Å². The van der Waals surface area contributed by atoms with Crippen LogP contribution in [-0.4, -0.2) is 17.2 Å². The summed E-state index contributed by atoms with van der Waals surface area (Å²) in [6.07, 6.45) is 1.10. The van der Waals surface area contributed by atoms with Crippen molar-refractivity contribution in [3.8, 4) is 0 Å². The molecule has 0 heterocycles. The number of nitrogens with zero attached hydrogens (tertiary/aromatic N) is 1. The van der Waals surface area contributed by atoms with Crippen molar-refractivity contribution in [3.63, 3.8) is 0 Å². The molecule has 0 aliphatic rings. The van der Waals surface area contributed by atoms with Crippen molar-refractivity contribution in [3.05, 3.63) is 42.2 Å². The summed E-state index contributed by atoms with van der Waals surface area (Å²) < 4.78 is 14.1. The third kappa shape index (κ3) is 3.33. The summed E-state index contributed by atoms with van der Waals surface area (Å²) in [6, 6.07) is 4.86. The summed E-state index contributed by atoms with van der Waals surface area (Å²) in [5.74, 6) is -0.315. The lowest BCUT2D eigenvalue weighted by Gasteiger charge is -2.37. The van der Waals surface area contributed by atoms with Gasteiger partial charge >= 0.3 is 0 Å². The summed E-state index contributed by atoms with van der Waals surface area (Å²) in [5, 5.41) is 9.44. The highest BCUT2D eigenvalue weighted by atomic mass is 19.1. The molecular weight excluding hydrogens is 229 g/mol. The van der Waals surface area contributed by atoms with E-state index in [1.54, 1.807) is 25.1 Å². The number of halogens is 1. The first-order valence-corrected chi connectivity index (χ1v) is 6.13. The largest absolute Gasteiger partial charge is 0.389 e. The summed E-state index contributed by atoms with van der Waals surface area (Å²) in [6.45, 7) is 12.0. The van der Waals surface area contributed by atoms with Crippen LogP contribution in [0.1, 0.15) is 39.4 Å². The van der Waals surface area contributed by atoms with Crippen LogP contribution < -0.4 is 4.90 Å². The van der Waals surface area contributed by atoms with Crippen LogP contribution in [-0.2, 0) is 0 Å². The molecule has 0 amide bonds. The van der Waals surface area contributed by atoms with E-state index in [1.165, 1.54) is 6.07 Å². The van der Waals surface area contributed by atoms with E-state index in [0.29, 0.717) is 17.8 Å². The van der Waals surface area contributed by atoms with Crippen LogP contribution >= 0.6 is 0 Å². The lowest BCUT2D eigenvalue weighted by Crippen LogP contribution is -2.42. The SMILES string of the molecule is C=CCN(c1ccc(C(C)O)cc1F)C(C)(C)C. The van der Waals surface area contributed by atoms with E-state index in [1.807, 2.05) is 25.7 Å². The Morgan fingerprint density at radius 1 is 1.44 bits per heavy atom. The second-order valence-corrected chi connectivity index (χ2v) is 5.46. The molecule has 3 heteroatoms. The Balaban J connectivity index is 3.18. The number of aliphatic hydroxyl groups excluding tert-OH is 1. The standard InChI is InChI=1S/C15H22FNO/c1-6-9-17(15(3,4)5)14-8-7-12(11(2)18)10-13(14)16/h6-8,10-11,18H,1,9H2,2-5H3. The number of anilines is 1. The minimum Gasteiger partial charge on any atom is -0.389 e. The molecule has 1 N–H and O–H groups in total. The zero-order chi connectivity index (χ0) is 13.9. The van der Waals surface area contributed by atoms with Crippen molar-refractivity contribution in [1.82, 2.24) is 0 Å². The smallest absolute Gasteiger partial charge is 0.146 e. The molecule has 1 aromatic carbocycles. The molecule has 0 aromatic heterocycles. The quantitative estimate of drug-likeness (QED) is 0.825. The third-order valence-electron chi connectivity index (χ3n) is 2.87. The van der Waals surface area contributed by atoms with Gasteiger partial charge in [0.15, 0.2) is 0 Å². The van der Waals surface area contributed by atoms with Crippen molar-refractivity contribution in [2.45, 2.75) is 39.3 Å². The third-order valence-corrected chi connectivity index (χ3v) is 2.87. The molecule has 2 nitrogen and oxygen atoms in total. The van der Waals surface area contributed by atoms with Gasteiger partial charge in [-0.15, -0.1) is 6.58 Å². The van der Waals surface area contributed by atoms with E-state index in [2.05, 4.69) is 6.58 Å². The van der Waals surface area contributed by atoms with Gasteiger partial charge in [0.1, 0.15) is 5.82 Å². The first kappa shape index (κ1) is 14.7. The van der Waals surface area contributed by atoms with Gasteiger partial charge in [-0.25, -0.2) is 4.39 Å². The van der Waals surface area contributed by atoms with Gasteiger partial charge in [-0.2, -0.15) is 0 Å². The van der Waals surface area contributed by atoms with Crippen molar-refractivity contribution in [2.24, 2.45) is 0 Å². The lowest BCUT2D eigenvalue weighted by molar-refractivity contribution is 0.199. The fourth-order valence-corrected chi connectivity index (χ4v) is 1.86. The second-order valence-electron chi connectivity index (χ2n) is 5.46. The van der Waals surface area contributed by atoms with Crippen LogP contribution in [0.15, 0.2) is 30.9 Å². The van der Waals surface area contributed by atoms with Crippen molar-refractivity contribution in [1.29, 1.82) is 0 Å². The maximum absolute atomic E-state index is 14.1. The maximum Gasteiger partial charge on any atom is 0.146 e. The predicted molar refractivity (Wildman–Crippen MR) is 74.3 cm³/mol. The van der Waals surface area contributed by atoms with Gasteiger partial charge in [0, 0.05) is 12.1 Å². The molecule has 1 atom stereocenters. The molecule has 0 aliphatic heterocycles. The maximum atomic E-state index is 14.1. The summed E-state index contributed by atoms with van der Waals surface area (Å²) in [5.41, 5.74) is 0.928. The summed E-state index contributed by atoms with van der Waals surface area (Å²) in [4.78, 5) is 1.95. The van der Waals surface area contributed by atoms with Crippen LogP contribution in [0.2, 0.25) is 0 Å². The summed E-state index contributed by atoms with van der Waals surface area (Å²) in [7, 11) is 0. The van der Waals surface area contributed by atoms with Crippen molar-refractivity contribution < 1.29 is 9.50 Å². The molecule has 100 valence electrons. The molecule has 18 heavy (non-hydrogen) atoms. The number of aliphatic hydroxyl groups is 1. The van der Waals surface area contributed by atoms with Gasteiger partial charge < -0.3 is 10.0 Å². The van der Waals surface area contributed by atoms with Gasteiger partial charge in [-0.3, -0.25) is 0 Å². The van der Waals surface area contributed by atoms with Gasteiger partial charge in [-0.1, -0.05) is 12.1 Å². The van der Waals surface area contributed by atoms with E-state index < -0.39 is 6.10 Å². The van der Waals surface area contributed by atoms with Gasteiger partial charge in [0.25, 0.3) is 0 Å². The number of benzene rings is 1. The van der Waals surface area contributed by atoms with Gasteiger partial charge in [0.05, 0.1) is 11.8 Å². The molecular formula is C15H22FNO. The molecule has 1 unspecified atom stereocenters. The van der Waals surface area contributed by atoms with E-state index in [0.717, 1.165) is 0 Å². The number of rotatable bonds is 4. The topological polar surface area (TPSA) is 23.5 Å². The molecule has 0 saturated heterocycles. The Morgan fingerprint density at radius 2 is 2.06 bits per heavy atom. The number of hydrogen-bond donors (Lipinski definition) is 1. The lowest BCUT2D eigenvalue weighted by atomic mass is 10.0. The molecule has 0 saturated carbocycles. The van der Waals surface area contributed by atoms with Gasteiger partial charge in [0.2, 0.25) is 0 Å². The van der Waals surface area contributed by atoms with E-state index in [4.69, 9.17) is 0 Å². The number of hydrogen-bond acceptors (Lipinski definition) is 2. The van der Waals surface area contributed by atoms with Crippen molar-refractivity contribution >= 4 is 5.69 Å². The first-order chi connectivity index (χ1) is 8.27. The van der Waals surface area contributed by atoms with E-state index >= 15 is 0 Å². The minimum atomic E-state index is -0.656.